The molecule has 0 unspecified atom stereocenters. The molecule has 1 atom stereocenters. The van der Waals surface area contributed by atoms with Crippen molar-refractivity contribution in [3.63, 3.8) is 0 Å². The normalized spacial score (nSPS) is 17.8. The summed E-state index contributed by atoms with van der Waals surface area (Å²) >= 11 is 1.65. The van der Waals surface area contributed by atoms with Gasteiger partial charge in [-0.15, -0.1) is 11.3 Å². The molecule has 0 radical (unpaired) electrons. The zero-order chi connectivity index (χ0) is 28.8. The van der Waals surface area contributed by atoms with Gasteiger partial charge in [-0.05, 0) is 45.2 Å². The Morgan fingerprint density at radius 3 is 2.60 bits per heavy atom. The Labute approximate surface area is 274 Å². The maximum atomic E-state index is 13.2. The number of hydrogen-bond acceptors (Lipinski definition) is 10. The maximum Gasteiger partial charge on any atom is 1.00 e. The topological polar surface area (TPSA) is 106 Å². The van der Waals surface area contributed by atoms with Crippen molar-refractivity contribution in [1.29, 1.82) is 0 Å². The van der Waals surface area contributed by atoms with Gasteiger partial charge in [0.1, 0.15) is 16.5 Å². The number of rotatable bonds is 12. The maximum absolute atomic E-state index is 13.2. The molecule has 5 rings (SSSR count). The largest absolute Gasteiger partial charge is 1.00 e. The second-order valence-electron chi connectivity index (χ2n) is 11.1. The van der Waals surface area contributed by atoms with E-state index in [4.69, 9.17) is 4.98 Å². The number of ketones is 1. The van der Waals surface area contributed by atoms with E-state index in [2.05, 4.69) is 62.8 Å². The zero-order valence-corrected chi connectivity index (χ0v) is 27.9. The SMILES string of the molecule is CCC[C@@H]1CCCN1Cc1sc(CC(=O)c2cnc(N3CCN(CCC(=O)[O-])CC3)cn2)nc1-c1cccc(C)c1.[Na+]. The number of carbonyl (C=O) groups excluding carboxylic acids is 2. The number of piperazine rings is 1. The number of nitrogens with zero attached hydrogens (tertiary/aromatic N) is 6. The average molecular weight is 599 g/mol. The van der Waals surface area contributed by atoms with E-state index in [0.717, 1.165) is 61.4 Å². The molecule has 9 nitrogen and oxygen atoms in total. The van der Waals surface area contributed by atoms with E-state index in [1.165, 1.54) is 36.1 Å². The molecule has 4 heterocycles. The Hall–Kier alpha value is -2.21. The molecule has 0 N–H and O–H groups in total. The van der Waals surface area contributed by atoms with Crippen LogP contribution in [0.1, 0.15) is 65.0 Å². The van der Waals surface area contributed by atoms with Crippen molar-refractivity contribution in [1.82, 2.24) is 24.8 Å². The third kappa shape index (κ3) is 8.45. The van der Waals surface area contributed by atoms with Crippen molar-refractivity contribution in [3.05, 3.63) is 57.8 Å². The van der Waals surface area contributed by atoms with Crippen molar-refractivity contribution in [3.8, 4) is 11.3 Å². The number of aliphatic carboxylic acids is 1. The van der Waals surface area contributed by atoms with E-state index in [1.807, 2.05) is 0 Å². The third-order valence-electron chi connectivity index (χ3n) is 8.06. The van der Waals surface area contributed by atoms with Crippen LogP contribution in [0.3, 0.4) is 0 Å². The number of likely N-dealkylation sites (tertiary alicyclic amines) is 1. The molecule has 3 aromatic rings. The van der Waals surface area contributed by atoms with Gasteiger partial charge in [0.05, 0.1) is 24.5 Å². The molecule has 2 aromatic heterocycles. The molecule has 0 saturated carbocycles. The number of carboxylic acids is 1. The Kier molecular flexibility index (Phi) is 12.1. The van der Waals surface area contributed by atoms with Gasteiger partial charge >= 0.3 is 29.6 Å². The van der Waals surface area contributed by atoms with E-state index in [1.54, 1.807) is 23.7 Å². The molecule has 42 heavy (non-hydrogen) atoms. The van der Waals surface area contributed by atoms with E-state index >= 15 is 0 Å². The Balaban J connectivity index is 0.00000405. The molecule has 0 amide bonds. The standard InChI is InChI=1S/C31H40N6O3S.Na/c1-3-6-24-9-5-11-37(24)21-27-31(23-8-4-7-22(2)17-23)34-29(41-27)18-26(38)25-19-33-28(20-32-25)36-15-13-35(14-16-36)12-10-30(39)40;/h4,7-8,17,19-20,24H,3,5-6,9-16,18,21H2,1-2H3,(H,39,40);/q;+1/p-1/t24-;/m1./s1. The smallest absolute Gasteiger partial charge is 0.550 e. The van der Waals surface area contributed by atoms with Crippen molar-refractivity contribution >= 4 is 28.9 Å². The number of anilines is 1. The summed E-state index contributed by atoms with van der Waals surface area (Å²) in [6, 6.07) is 9.07. The number of hydrogen-bond donors (Lipinski definition) is 0. The minimum Gasteiger partial charge on any atom is -0.550 e. The van der Waals surface area contributed by atoms with Crippen LogP contribution in [0.2, 0.25) is 0 Å². The van der Waals surface area contributed by atoms with Gasteiger partial charge < -0.3 is 14.8 Å². The summed E-state index contributed by atoms with van der Waals surface area (Å²) < 4.78 is 0. The van der Waals surface area contributed by atoms with Crippen LogP contribution in [0.15, 0.2) is 36.7 Å². The third-order valence-corrected chi connectivity index (χ3v) is 9.11. The number of carboxylic acid groups (broad SMARTS) is 1. The molecule has 218 valence electrons. The molecular formula is C31H39N6NaO3S. The van der Waals surface area contributed by atoms with E-state index in [0.29, 0.717) is 18.3 Å². The van der Waals surface area contributed by atoms with Gasteiger partial charge in [-0.25, -0.2) is 15.0 Å². The number of Topliss-reactive ketones (excluding diaryl/α,β-unsaturated/α-hetero) is 1. The molecule has 2 aliphatic heterocycles. The minimum atomic E-state index is -1.02. The van der Waals surface area contributed by atoms with E-state index in [-0.39, 0.29) is 48.2 Å². The van der Waals surface area contributed by atoms with Crippen LogP contribution in [0.5, 0.6) is 0 Å². The summed E-state index contributed by atoms with van der Waals surface area (Å²) in [4.78, 5) is 46.0. The molecule has 0 bridgehead atoms. The van der Waals surface area contributed by atoms with Gasteiger partial charge in [0.15, 0.2) is 5.78 Å². The first kappa shape index (κ1) is 32.7. The van der Waals surface area contributed by atoms with Crippen molar-refractivity contribution < 1.29 is 44.3 Å². The predicted octanol–water partition coefficient (Wildman–Crippen LogP) is 0.364. The van der Waals surface area contributed by atoms with Crippen LogP contribution in [0.4, 0.5) is 5.82 Å². The van der Waals surface area contributed by atoms with Crippen LogP contribution in [0, 0.1) is 6.92 Å². The summed E-state index contributed by atoms with van der Waals surface area (Å²) in [6.07, 6.45) is 8.37. The molecule has 11 heteroatoms. The second kappa shape index (κ2) is 15.5. The van der Waals surface area contributed by atoms with Crippen molar-refractivity contribution in [2.45, 2.75) is 65.0 Å². The summed E-state index contributed by atoms with van der Waals surface area (Å²) in [5.41, 5.74) is 3.63. The summed E-state index contributed by atoms with van der Waals surface area (Å²) in [7, 11) is 0. The second-order valence-corrected chi connectivity index (χ2v) is 12.3. The van der Waals surface area contributed by atoms with Crippen molar-refractivity contribution in [2.75, 3.05) is 44.2 Å². The van der Waals surface area contributed by atoms with Gasteiger partial charge in [0.2, 0.25) is 0 Å². The van der Waals surface area contributed by atoms with E-state index in [9.17, 15) is 14.7 Å². The number of aromatic nitrogens is 3. The Bertz CT molecular complexity index is 1340. The molecular weight excluding hydrogens is 559 g/mol. The zero-order valence-electron chi connectivity index (χ0n) is 25.1. The van der Waals surface area contributed by atoms with Gasteiger partial charge in [-0.3, -0.25) is 14.6 Å². The number of thiazole rings is 1. The first-order chi connectivity index (χ1) is 19.9. The molecule has 0 spiro atoms. The molecule has 2 aliphatic rings. The fourth-order valence-electron chi connectivity index (χ4n) is 5.86. The van der Waals surface area contributed by atoms with Gasteiger partial charge in [0, 0.05) is 61.7 Å². The quantitative estimate of drug-likeness (QED) is 0.216. The number of benzene rings is 1. The molecule has 2 saturated heterocycles. The monoisotopic (exact) mass is 598 g/mol. The van der Waals surface area contributed by atoms with Gasteiger partial charge in [-0.1, -0.05) is 37.1 Å². The van der Waals surface area contributed by atoms with Crippen LogP contribution >= 0.6 is 11.3 Å². The Morgan fingerprint density at radius 2 is 1.90 bits per heavy atom. The van der Waals surface area contributed by atoms with Crippen LogP contribution < -0.4 is 39.6 Å². The number of aryl methyl sites for hydroxylation is 1. The fourth-order valence-corrected chi connectivity index (χ4v) is 6.97. The minimum absolute atomic E-state index is 0. The first-order valence-electron chi connectivity index (χ1n) is 14.7. The average Bonchev–Trinajstić information content (AvgIpc) is 3.59. The molecule has 0 aliphatic carbocycles. The van der Waals surface area contributed by atoms with Crippen molar-refractivity contribution in [2.24, 2.45) is 0 Å². The predicted molar refractivity (Wildman–Crippen MR) is 159 cm³/mol. The van der Waals surface area contributed by atoms with Gasteiger partial charge in [-0.2, -0.15) is 0 Å². The summed E-state index contributed by atoms with van der Waals surface area (Å²) in [5, 5.41) is 11.5. The van der Waals surface area contributed by atoms with E-state index < -0.39 is 5.97 Å². The van der Waals surface area contributed by atoms with Crippen LogP contribution in [0.25, 0.3) is 11.3 Å². The Morgan fingerprint density at radius 1 is 1.10 bits per heavy atom. The molecule has 2 fully saturated rings. The van der Waals surface area contributed by atoms with Crippen LogP contribution in [-0.4, -0.2) is 81.8 Å². The fraction of sp³-hybridized carbons (Fsp3) is 0.516. The summed E-state index contributed by atoms with van der Waals surface area (Å²) in [6.45, 7) is 9.79. The first-order valence-corrected chi connectivity index (χ1v) is 15.5. The summed E-state index contributed by atoms with van der Waals surface area (Å²) in [5.74, 6) is -0.380. The van der Waals surface area contributed by atoms with Crippen LogP contribution in [-0.2, 0) is 17.8 Å². The number of carbonyl (C=O) groups is 2. The molecule has 1 aromatic carbocycles. The van der Waals surface area contributed by atoms with Gasteiger partial charge in [0.25, 0.3) is 0 Å².